The first-order valence-electron chi connectivity index (χ1n) is 4.28. The van der Waals surface area contributed by atoms with Crippen molar-refractivity contribution in [3.8, 4) is 0 Å². The summed E-state index contributed by atoms with van der Waals surface area (Å²) in [6.45, 7) is 0. The minimum atomic E-state index is -0.149. The predicted octanol–water partition coefficient (Wildman–Crippen LogP) is 2.04. The number of nitrogens with zero attached hydrogens (tertiary/aromatic N) is 2. The van der Waals surface area contributed by atoms with Crippen molar-refractivity contribution in [1.82, 2.24) is 0 Å². The van der Waals surface area contributed by atoms with E-state index < -0.39 is 0 Å². The molecule has 1 aliphatic heterocycles. The van der Waals surface area contributed by atoms with E-state index in [0.29, 0.717) is 0 Å². The van der Waals surface area contributed by atoms with Gasteiger partial charge in [-0.05, 0) is 12.2 Å². The van der Waals surface area contributed by atoms with Gasteiger partial charge in [-0.2, -0.15) is 0 Å². The van der Waals surface area contributed by atoms with Crippen molar-refractivity contribution >= 4 is 12.1 Å². The molecule has 1 atom stereocenters. The second-order valence-corrected chi connectivity index (χ2v) is 3.26. The summed E-state index contributed by atoms with van der Waals surface area (Å²) in [5, 5.41) is 0. The molecule has 0 saturated heterocycles. The van der Waals surface area contributed by atoms with Crippen molar-refractivity contribution in [1.29, 1.82) is 0 Å². The van der Waals surface area contributed by atoms with E-state index in [4.69, 9.17) is 0 Å². The van der Waals surface area contributed by atoms with E-state index in [0.717, 1.165) is 11.4 Å². The molecule has 1 spiro atoms. The second kappa shape index (κ2) is 2.16. The molecular weight excluding hydrogens is 160 g/mol. The molecule has 0 radical (unpaired) electrons. The van der Waals surface area contributed by atoms with E-state index in [1.807, 2.05) is 30.4 Å². The lowest BCUT2D eigenvalue weighted by Crippen LogP contribution is -2.29. The molecule has 0 N–H and O–H groups in total. The first-order valence-corrected chi connectivity index (χ1v) is 4.28. The van der Waals surface area contributed by atoms with Gasteiger partial charge in [-0.15, -0.1) is 0 Å². The van der Waals surface area contributed by atoms with Gasteiger partial charge in [0.2, 0.25) is 0 Å². The zero-order chi connectivity index (χ0) is 8.73. The van der Waals surface area contributed by atoms with Gasteiger partial charge in [0.25, 0.3) is 0 Å². The maximum Gasteiger partial charge on any atom is 0.116 e. The van der Waals surface area contributed by atoms with Crippen molar-refractivity contribution in [2.75, 3.05) is 0 Å². The van der Waals surface area contributed by atoms with Crippen LogP contribution in [0.4, 0.5) is 0 Å². The Labute approximate surface area is 76.4 Å². The molecule has 0 aromatic heterocycles. The highest BCUT2D eigenvalue weighted by atomic mass is 14.9. The quantitative estimate of drug-likeness (QED) is 0.528. The van der Waals surface area contributed by atoms with Gasteiger partial charge in [0, 0.05) is 0 Å². The van der Waals surface area contributed by atoms with Crippen LogP contribution in [0.5, 0.6) is 0 Å². The van der Waals surface area contributed by atoms with Crippen molar-refractivity contribution < 1.29 is 0 Å². The van der Waals surface area contributed by atoms with Gasteiger partial charge in [-0.3, -0.25) is 0 Å². The third-order valence-corrected chi connectivity index (χ3v) is 2.58. The molecule has 1 unspecified atom stereocenters. The van der Waals surface area contributed by atoms with Crippen LogP contribution in [0, 0.1) is 5.41 Å². The van der Waals surface area contributed by atoms with Crippen LogP contribution in [0.2, 0.25) is 0 Å². The van der Waals surface area contributed by atoms with Crippen LogP contribution in [0.3, 0.4) is 0 Å². The summed E-state index contributed by atoms with van der Waals surface area (Å²) in [5.41, 5.74) is 1.98. The molecule has 1 heterocycles. The largest absolute Gasteiger partial charge is 0.240 e. The van der Waals surface area contributed by atoms with Crippen LogP contribution in [0.15, 0.2) is 58.2 Å². The third kappa shape index (κ3) is 0.724. The Kier molecular flexibility index (Phi) is 1.13. The Bertz CT molecular complexity index is 433. The van der Waals surface area contributed by atoms with Gasteiger partial charge in [-0.25, -0.2) is 9.98 Å². The molecule has 3 rings (SSSR count). The fraction of sp³-hybridized carbons (Fsp3) is 0.0909. The third-order valence-electron chi connectivity index (χ3n) is 2.58. The first-order chi connectivity index (χ1) is 6.42. The lowest BCUT2D eigenvalue weighted by atomic mass is 9.78. The summed E-state index contributed by atoms with van der Waals surface area (Å²) >= 11 is 0. The molecule has 0 aromatic carbocycles. The fourth-order valence-electron chi connectivity index (χ4n) is 1.90. The first kappa shape index (κ1) is 6.78. The lowest BCUT2D eigenvalue weighted by Gasteiger charge is -2.29. The van der Waals surface area contributed by atoms with Crippen LogP contribution in [0.25, 0.3) is 0 Å². The Hall–Kier alpha value is -1.70. The average Bonchev–Trinajstić information content (AvgIpc) is 2.58. The summed E-state index contributed by atoms with van der Waals surface area (Å²) in [5.74, 6) is 0. The predicted molar refractivity (Wildman–Crippen MR) is 53.9 cm³/mol. The van der Waals surface area contributed by atoms with Gasteiger partial charge in [0.1, 0.15) is 6.34 Å². The molecule has 0 fully saturated rings. The van der Waals surface area contributed by atoms with Crippen LogP contribution in [0.1, 0.15) is 0 Å². The van der Waals surface area contributed by atoms with Crippen LogP contribution in [-0.2, 0) is 0 Å². The molecule has 2 nitrogen and oxygen atoms in total. The number of rotatable bonds is 0. The molecule has 0 saturated carbocycles. The molecule has 2 heteroatoms. The number of hydrogen-bond donors (Lipinski definition) is 0. The van der Waals surface area contributed by atoms with Crippen LogP contribution < -0.4 is 0 Å². The molecule has 2 aliphatic carbocycles. The van der Waals surface area contributed by atoms with E-state index >= 15 is 0 Å². The highest BCUT2D eigenvalue weighted by Crippen LogP contribution is 2.41. The van der Waals surface area contributed by atoms with Crippen molar-refractivity contribution in [3.05, 3.63) is 48.2 Å². The van der Waals surface area contributed by atoms with Crippen LogP contribution in [-0.4, -0.2) is 12.1 Å². The summed E-state index contributed by atoms with van der Waals surface area (Å²) < 4.78 is 0. The molecule has 0 amide bonds. The minimum absolute atomic E-state index is 0.149. The van der Waals surface area contributed by atoms with Crippen molar-refractivity contribution in [2.45, 2.75) is 0 Å². The highest BCUT2D eigenvalue weighted by molar-refractivity contribution is 6.10. The normalized spacial score (nSPS) is 32.6. The van der Waals surface area contributed by atoms with E-state index in [1.54, 1.807) is 6.34 Å². The summed E-state index contributed by atoms with van der Waals surface area (Å²) in [7, 11) is 0. The Morgan fingerprint density at radius 3 is 3.00 bits per heavy atom. The fourth-order valence-corrected chi connectivity index (χ4v) is 1.90. The van der Waals surface area contributed by atoms with Gasteiger partial charge in [-0.1, -0.05) is 30.4 Å². The number of aliphatic imine (C=N–C) groups is 2. The van der Waals surface area contributed by atoms with E-state index in [9.17, 15) is 0 Å². The summed E-state index contributed by atoms with van der Waals surface area (Å²) in [4.78, 5) is 8.55. The number of allylic oxidation sites excluding steroid dienone is 6. The molecule has 3 aliphatic rings. The highest BCUT2D eigenvalue weighted by Gasteiger charge is 2.38. The number of hydrogen-bond acceptors (Lipinski definition) is 2. The molecule has 13 heavy (non-hydrogen) atoms. The monoisotopic (exact) mass is 168 g/mol. The van der Waals surface area contributed by atoms with Gasteiger partial charge < -0.3 is 0 Å². The maximum absolute atomic E-state index is 4.28. The minimum Gasteiger partial charge on any atom is -0.240 e. The molecular formula is C11H8N2. The Morgan fingerprint density at radius 2 is 2.00 bits per heavy atom. The summed E-state index contributed by atoms with van der Waals surface area (Å²) in [6.07, 6.45) is 16.1. The smallest absolute Gasteiger partial charge is 0.116 e. The van der Waals surface area contributed by atoms with E-state index in [-0.39, 0.29) is 5.41 Å². The van der Waals surface area contributed by atoms with Crippen molar-refractivity contribution in [2.24, 2.45) is 15.4 Å². The van der Waals surface area contributed by atoms with Gasteiger partial charge >= 0.3 is 0 Å². The van der Waals surface area contributed by atoms with E-state index in [2.05, 4.69) is 22.1 Å². The zero-order valence-corrected chi connectivity index (χ0v) is 7.01. The van der Waals surface area contributed by atoms with Gasteiger partial charge in [0.05, 0.1) is 16.8 Å². The summed E-state index contributed by atoms with van der Waals surface area (Å²) in [6, 6.07) is 0. The van der Waals surface area contributed by atoms with Crippen LogP contribution >= 0.6 is 0 Å². The Morgan fingerprint density at radius 1 is 1.08 bits per heavy atom. The van der Waals surface area contributed by atoms with Crippen molar-refractivity contribution in [3.63, 3.8) is 0 Å². The maximum atomic E-state index is 4.28. The molecule has 0 bridgehead atoms. The molecule has 62 valence electrons. The topological polar surface area (TPSA) is 24.7 Å². The SMILES string of the molecule is C1=CC2=NC=NC3=CC=CC32C=C1. The second-order valence-electron chi connectivity index (χ2n) is 3.26. The zero-order valence-electron chi connectivity index (χ0n) is 7.01. The van der Waals surface area contributed by atoms with Gasteiger partial charge in [0.15, 0.2) is 0 Å². The Balaban J connectivity index is 2.28. The molecule has 0 aromatic rings. The lowest BCUT2D eigenvalue weighted by molar-refractivity contribution is 0.802. The average molecular weight is 168 g/mol. The van der Waals surface area contributed by atoms with E-state index in [1.165, 1.54) is 0 Å². The standard InChI is InChI=1S/C11H8N2/c1-2-6-11-7-3-5-10(11)13-8-12-9(11)4-1/h1-8H.